The summed E-state index contributed by atoms with van der Waals surface area (Å²) in [5.41, 5.74) is 0.518. The average Bonchev–Trinajstić information content (AvgIpc) is 2.40. The average molecular weight is 286 g/mol. The van der Waals surface area contributed by atoms with Gasteiger partial charge in [0.15, 0.2) is 0 Å². The number of aliphatic hydroxyl groups excluding tert-OH is 1. The fraction of sp³-hybridized carbons (Fsp3) is 0.571. The summed E-state index contributed by atoms with van der Waals surface area (Å²) in [5.74, 6) is -1.17. The first-order valence-electron chi connectivity index (χ1n) is 6.68. The standard InChI is InChI=1S/C14H20F2N2O2/c1-9-8-20-11(7-19)6-18(9)14-12(15)3-10(5-17-2)4-13(14)16/h3-4,9,11,17,19H,5-8H2,1-2H3. The molecule has 112 valence electrons. The second-order valence-electron chi connectivity index (χ2n) is 5.08. The minimum atomic E-state index is -0.583. The van der Waals surface area contributed by atoms with Gasteiger partial charge in [-0.05, 0) is 31.7 Å². The predicted molar refractivity (Wildman–Crippen MR) is 72.8 cm³/mol. The van der Waals surface area contributed by atoms with E-state index in [1.165, 1.54) is 12.1 Å². The summed E-state index contributed by atoms with van der Waals surface area (Å²) < 4.78 is 33.8. The molecule has 0 saturated carbocycles. The second kappa shape index (κ2) is 6.47. The minimum Gasteiger partial charge on any atom is -0.394 e. The number of morpholine rings is 1. The van der Waals surface area contributed by atoms with Crippen LogP contribution in [0.4, 0.5) is 14.5 Å². The van der Waals surface area contributed by atoms with Crippen LogP contribution in [0.25, 0.3) is 0 Å². The van der Waals surface area contributed by atoms with Crippen molar-refractivity contribution in [2.75, 3.05) is 31.7 Å². The lowest BCUT2D eigenvalue weighted by Gasteiger charge is -2.39. The first-order chi connectivity index (χ1) is 9.56. The maximum Gasteiger partial charge on any atom is 0.149 e. The van der Waals surface area contributed by atoms with E-state index in [-0.39, 0.29) is 24.9 Å². The number of benzene rings is 1. The summed E-state index contributed by atoms with van der Waals surface area (Å²) in [4.78, 5) is 1.62. The van der Waals surface area contributed by atoms with Crippen molar-refractivity contribution in [1.29, 1.82) is 0 Å². The molecule has 2 rings (SSSR count). The van der Waals surface area contributed by atoms with Crippen molar-refractivity contribution in [1.82, 2.24) is 5.32 Å². The second-order valence-corrected chi connectivity index (χ2v) is 5.08. The van der Waals surface area contributed by atoms with Crippen molar-refractivity contribution in [2.45, 2.75) is 25.6 Å². The number of hydrogen-bond donors (Lipinski definition) is 2. The summed E-state index contributed by atoms with van der Waals surface area (Å²) >= 11 is 0. The molecular weight excluding hydrogens is 266 g/mol. The molecule has 1 aromatic carbocycles. The van der Waals surface area contributed by atoms with Crippen molar-refractivity contribution in [3.8, 4) is 0 Å². The van der Waals surface area contributed by atoms with Crippen LogP contribution in [0.2, 0.25) is 0 Å². The summed E-state index contributed by atoms with van der Waals surface area (Å²) in [7, 11) is 1.72. The van der Waals surface area contributed by atoms with Crippen molar-refractivity contribution in [3.05, 3.63) is 29.3 Å². The Morgan fingerprint density at radius 1 is 1.40 bits per heavy atom. The maximum atomic E-state index is 14.2. The lowest BCUT2D eigenvalue weighted by molar-refractivity contribution is -0.0107. The third kappa shape index (κ3) is 3.08. The molecule has 1 heterocycles. The Hall–Kier alpha value is -1.24. The van der Waals surface area contributed by atoms with E-state index in [9.17, 15) is 8.78 Å². The van der Waals surface area contributed by atoms with Gasteiger partial charge in [0.2, 0.25) is 0 Å². The van der Waals surface area contributed by atoms with E-state index in [2.05, 4.69) is 5.32 Å². The molecule has 2 atom stereocenters. The smallest absolute Gasteiger partial charge is 0.149 e. The molecule has 2 N–H and O–H groups in total. The zero-order chi connectivity index (χ0) is 14.7. The van der Waals surface area contributed by atoms with E-state index in [0.717, 1.165) is 0 Å². The molecule has 1 fully saturated rings. The van der Waals surface area contributed by atoms with Crippen molar-refractivity contribution in [2.24, 2.45) is 0 Å². The number of hydrogen-bond acceptors (Lipinski definition) is 4. The Balaban J connectivity index is 2.31. The number of rotatable bonds is 4. The topological polar surface area (TPSA) is 44.7 Å². The fourth-order valence-corrected chi connectivity index (χ4v) is 2.44. The molecule has 0 aliphatic carbocycles. The number of nitrogens with one attached hydrogen (secondary N) is 1. The highest BCUT2D eigenvalue weighted by Crippen LogP contribution is 2.29. The zero-order valence-electron chi connectivity index (χ0n) is 11.7. The molecule has 4 nitrogen and oxygen atoms in total. The van der Waals surface area contributed by atoms with Gasteiger partial charge in [-0.15, -0.1) is 0 Å². The van der Waals surface area contributed by atoms with Gasteiger partial charge in [0, 0.05) is 19.1 Å². The van der Waals surface area contributed by atoms with E-state index in [4.69, 9.17) is 9.84 Å². The number of halogens is 2. The van der Waals surface area contributed by atoms with Crippen LogP contribution in [0.5, 0.6) is 0 Å². The molecule has 1 aromatic rings. The molecule has 0 bridgehead atoms. The zero-order valence-corrected chi connectivity index (χ0v) is 11.7. The molecule has 20 heavy (non-hydrogen) atoms. The Kier molecular flexibility index (Phi) is 4.91. The van der Waals surface area contributed by atoms with Gasteiger partial charge in [-0.3, -0.25) is 0 Å². The molecule has 0 spiro atoms. The predicted octanol–water partition coefficient (Wildman–Crippen LogP) is 1.27. The number of ether oxygens (including phenoxy) is 1. The van der Waals surface area contributed by atoms with Gasteiger partial charge in [-0.25, -0.2) is 8.78 Å². The van der Waals surface area contributed by atoms with Gasteiger partial charge in [-0.2, -0.15) is 0 Å². The van der Waals surface area contributed by atoms with Gasteiger partial charge in [0.1, 0.15) is 17.3 Å². The van der Waals surface area contributed by atoms with Gasteiger partial charge in [0.25, 0.3) is 0 Å². The SMILES string of the molecule is CNCc1cc(F)c(N2CC(CO)OCC2C)c(F)c1. The maximum absolute atomic E-state index is 14.2. The van der Waals surface area contributed by atoms with Crippen LogP contribution in [0.3, 0.4) is 0 Å². The molecule has 2 unspecified atom stereocenters. The molecule has 0 amide bonds. The summed E-state index contributed by atoms with van der Waals surface area (Å²) in [6.45, 7) is 2.70. The van der Waals surface area contributed by atoms with Gasteiger partial charge >= 0.3 is 0 Å². The lowest BCUT2D eigenvalue weighted by atomic mass is 10.1. The number of nitrogens with zero attached hydrogens (tertiary/aromatic N) is 1. The lowest BCUT2D eigenvalue weighted by Crippen LogP contribution is -2.50. The van der Waals surface area contributed by atoms with E-state index in [1.54, 1.807) is 11.9 Å². The van der Waals surface area contributed by atoms with Crippen LogP contribution in [-0.2, 0) is 11.3 Å². The van der Waals surface area contributed by atoms with Crippen molar-refractivity contribution >= 4 is 5.69 Å². The fourth-order valence-electron chi connectivity index (χ4n) is 2.44. The summed E-state index contributed by atoms with van der Waals surface area (Å²) in [6.07, 6.45) is -0.415. The highest BCUT2D eigenvalue weighted by Gasteiger charge is 2.29. The van der Waals surface area contributed by atoms with Gasteiger partial charge in [-0.1, -0.05) is 0 Å². The first-order valence-corrected chi connectivity index (χ1v) is 6.68. The highest BCUT2D eigenvalue weighted by molar-refractivity contribution is 5.52. The van der Waals surface area contributed by atoms with E-state index in [1.807, 2.05) is 6.92 Å². The molecule has 1 aliphatic heterocycles. The minimum absolute atomic E-state index is 0.0425. The van der Waals surface area contributed by atoms with Crippen molar-refractivity contribution in [3.63, 3.8) is 0 Å². The molecule has 1 saturated heterocycles. The monoisotopic (exact) mass is 286 g/mol. The number of anilines is 1. The van der Waals surface area contributed by atoms with E-state index in [0.29, 0.717) is 18.7 Å². The van der Waals surface area contributed by atoms with Crippen LogP contribution >= 0.6 is 0 Å². The highest BCUT2D eigenvalue weighted by atomic mass is 19.1. The largest absolute Gasteiger partial charge is 0.394 e. The Labute approximate surface area is 117 Å². The third-order valence-corrected chi connectivity index (χ3v) is 3.45. The Bertz CT molecular complexity index is 447. The van der Waals surface area contributed by atoms with Gasteiger partial charge in [0.05, 0.1) is 19.3 Å². The van der Waals surface area contributed by atoms with Crippen LogP contribution in [-0.4, -0.2) is 44.1 Å². The van der Waals surface area contributed by atoms with Crippen LogP contribution < -0.4 is 10.2 Å². The quantitative estimate of drug-likeness (QED) is 0.875. The normalized spacial score (nSPS) is 23.1. The molecular formula is C14H20F2N2O2. The molecule has 6 heteroatoms. The molecule has 0 radical (unpaired) electrons. The summed E-state index contributed by atoms with van der Waals surface area (Å²) in [5, 5.41) is 12.0. The third-order valence-electron chi connectivity index (χ3n) is 3.45. The Morgan fingerprint density at radius 2 is 2.05 bits per heavy atom. The molecule has 1 aliphatic rings. The van der Waals surface area contributed by atoms with Gasteiger partial charge < -0.3 is 20.1 Å². The first kappa shape index (κ1) is 15.2. The van der Waals surface area contributed by atoms with E-state index < -0.39 is 17.7 Å². The molecule has 0 aromatic heterocycles. The van der Waals surface area contributed by atoms with E-state index >= 15 is 0 Å². The summed E-state index contributed by atoms with van der Waals surface area (Å²) in [6, 6.07) is 2.53. The number of aliphatic hydroxyl groups is 1. The van der Waals surface area contributed by atoms with Crippen LogP contribution in [0.15, 0.2) is 12.1 Å². The Morgan fingerprint density at radius 3 is 2.60 bits per heavy atom. The van der Waals surface area contributed by atoms with Crippen LogP contribution in [0.1, 0.15) is 12.5 Å². The van der Waals surface area contributed by atoms with Crippen LogP contribution in [0, 0.1) is 11.6 Å². The van der Waals surface area contributed by atoms with Crippen molar-refractivity contribution < 1.29 is 18.6 Å².